The molecular formula is C14H24F3NO2. The molecule has 0 saturated carbocycles. The van der Waals surface area contributed by atoms with Crippen molar-refractivity contribution in [2.24, 2.45) is 11.3 Å². The monoisotopic (exact) mass is 295 g/mol. The van der Waals surface area contributed by atoms with Crippen molar-refractivity contribution in [2.75, 3.05) is 13.1 Å². The van der Waals surface area contributed by atoms with Crippen molar-refractivity contribution in [2.45, 2.75) is 58.7 Å². The zero-order chi connectivity index (χ0) is 15.8. The standard InChI is InChI=1S/C14H24F3NO2/c1-5-13(20,14(15,16)17)10-6-8-18(9-7-10)11(19)12(2,3)4/h10,20H,5-9H2,1-4H3. The second-order valence-electron chi connectivity index (χ2n) is 6.59. The quantitative estimate of drug-likeness (QED) is 0.851. The van der Waals surface area contributed by atoms with Crippen LogP contribution in [0.2, 0.25) is 0 Å². The van der Waals surface area contributed by atoms with E-state index in [1.807, 2.05) is 0 Å². The predicted octanol–water partition coefficient (Wildman–Crippen LogP) is 2.97. The van der Waals surface area contributed by atoms with Crippen molar-refractivity contribution >= 4 is 5.91 Å². The lowest BCUT2D eigenvalue weighted by Crippen LogP contribution is -2.55. The molecule has 0 aliphatic carbocycles. The Morgan fingerprint density at radius 1 is 1.20 bits per heavy atom. The topological polar surface area (TPSA) is 40.5 Å². The summed E-state index contributed by atoms with van der Waals surface area (Å²) in [7, 11) is 0. The number of amides is 1. The zero-order valence-corrected chi connectivity index (χ0v) is 12.5. The summed E-state index contributed by atoms with van der Waals surface area (Å²) >= 11 is 0. The Balaban J connectivity index is 2.74. The molecule has 1 fully saturated rings. The number of likely N-dealkylation sites (tertiary alicyclic amines) is 1. The molecule has 3 nitrogen and oxygen atoms in total. The lowest BCUT2D eigenvalue weighted by Gasteiger charge is -2.43. The number of piperidine rings is 1. The molecule has 1 rings (SSSR count). The van der Waals surface area contributed by atoms with Gasteiger partial charge < -0.3 is 10.0 Å². The molecule has 0 spiro atoms. The van der Waals surface area contributed by atoms with Gasteiger partial charge >= 0.3 is 6.18 Å². The van der Waals surface area contributed by atoms with Gasteiger partial charge in [0.15, 0.2) is 5.60 Å². The number of carbonyl (C=O) groups is 1. The van der Waals surface area contributed by atoms with Gasteiger partial charge in [0.25, 0.3) is 0 Å². The van der Waals surface area contributed by atoms with Gasteiger partial charge in [-0.15, -0.1) is 0 Å². The third-order valence-electron chi connectivity index (χ3n) is 4.13. The molecule has 1 saturated heterocycles. The lowest BCUT2D eigenvalue weighted by atomic mass is 9.77. The van der Waals surface area contributed by atoms with Crippen LogP contribution in [0.4, 0.5) is 13.2 Å². The molecule has 0 bridgehead atoms. The van der Waals surface area contributed by atoms with Gasteiger partial charge in [0.1, 0.15) is 0 Å². The highest BCUT2D eigenvalue weighted by Gasteiger charge is 2.57. The van der Waals surface area contributed by atoms with Gasteiger partial charge in [-0.2, -0.15) is 13.2 Å². The summed E-state index contributed by atoms with van der Waals surface area (Å²) in [5.74, 6) is -0.889. The number of hydrogen-bond acceptors (Lipinski definition) is 2. The van der Waals surface area contributed by atoms with Crippen LogP contribution >= 0.6 is 0 Å². The Hall–Kier alpha value is -0.780. The van der Waals surface area contributed by atoms with Crippen LogP contribution < -0.4 is 0 Å². The van der Waals surface area contributed by atoms with Crippen molar-refractivity contribution in [1.29, 1.82) is 0 Å². The van der Waals surface area contributed by atoms with E-state index in [0.29, 0.717) is 0 Å². The molecule has 1 amide bonds. The van der Waals surface area contributed by atoms with Crippen LogP contribution in [0.1, 0.15) is 47.0 Å². The molecule has 1 atom stereocenters. The number of rotatable bonds is 2. The van der Waals surface area contributed by atoms with E-state index in [1.54, 1.807) is 25.7 Å². The van der Waals surface area contributed by atoms with Crippen LogP contribution in [0.5, 0.6) is 0 Å². The van der Waals surface area contributed by atoms with Crippen molar-refractivity contribution in [3.63, 3.8) is 0 Å². The molecule has 1 unspecified atom stereocenters. The zero-order valence-electron chi connectivity index (χ0n) is 12.5. The van der Waals surface area contributed by atoms with Gasteiger partial charge in [-0.25, -0.2) is 0 Å². The molecular weight excluding hydrogens is 271 g/mol. The molecule has 118 valence electrons. The molecule has 1 heterocycles. The minimum atomic E-state index is -4.62. The number of carbonyl (C=O) groups excluding carboxylic acids is 1. The normalized spacial score (nSPS) is 21.7. The number of nitrogens with zero attached hydrogens (tertiary/aromatic N) is 1. The highest BCUT2D eigenvalue weighted by Crippen LogP contribution is 2.43. The Kier molecular flexibility index (Phi) is 4.79. The van der Waals surface area contributed by atoms with E-state index in [0.717, 1.165) is 0 Å². The first kappa shape index (κ1) is 17.3. The van der Waals surface area contributed by atoms with Crippen LogP contribution in [0.25, 0.3) is 0 Å². The summed E-state index contributed by atoms with van der Waals surface area (Å²) in [6.07, 6.45) is -4.60. The van der Waals surface area contributed by atoms with Crippen molar-refractivity contribution in [3.8, 4) is 0 Å². The average molecular weight is 295 g/mol. The second kappa shape index (κ2) is 5.54. The molecule has 1 aliphatic rings. The highest BCUT2D eigenvalue weighted by molar-refractivity contribution is 5.81. The lowest BCUT2D eigenvalue weighted by molar-refractivity contribution is -0.284. The average Bonchev–Trinajstić information content (AvgIpc) is 2.34. The maximum absolute atomic E-state index is 13.0. The first-order valence-electron chi connectivity index (χ1n) is 7.02. The SMILES string of the molecule is CCC(O)(C1CCN(C(=O)C(C)(C)C)CC1)C(F)(F)F. The number of halogens is 3. The minimum absolute atomic E-state index is 0.0528. The summed E-state index contributed by atoms with van der Waals surface area (Å²) in [5.41, 5.74) is -3.16. The summed E-state index contributed by atoms with van der Waals surface area (Å²) in [6.45, 7) is 7.27. The number of alkyl halides is 3. The van der Waals surface area contributed by atoms with Gasteiger partial charge in [0.05, 0.1) is 0 Å². The van der Waals surface area contributed by atoms with Crippen molar-refractivity contribution in [1.82, 2.24) is 4.90 Å². The first-order chi connectivity index (χ1) is 8.93. The highest BCUT2D eigenvalue weighted by atomic mass is 19.4. The van der Waals surface area contributed by atoms with Crippen molar-refractivity contribution in [3.05, 3.63) is 0 Å². The maximum Gasteiger partial charge on any atom is 0.417 e. The van der Waals surface area contributed by atoms with E-state index < -0.39 is 23.1 Å². The Bertz CT molecular complexity index is 354. The number of hydrogen-bond donors (Lipinski definition) is 1. The molecule has 0 aromatic heterocycles. The smallest absolute Gasteiger partial charge is 0.380 e. The Morgan fingerprint density at radius 2 is 1.65 bits per heavy atom. The third kappa shape index (κ3) is 3.27. The molecule has 20 heavy (non-hydrogen) atoms. The summed E-state index contributed by atoms with van der Waals surface area (Å²) in [4.78, 5) is 13.7. The van der Waals surface area contributed by atoms with Crippen molar-refractivity contribution < 1.29 is 23.1 Å². The fourth-order valence-corrected chi connectivity index (χ4v) is 2.76. The van der Waals surface area contributed by atoms with E-state index in [9.17, 15) is 23.1 Å². The molecule has 1 N–H and O–H groups in total. The Morgan fingerprint density at radius 3 is 1.95 bits per heavy atom. The second-order valence-corrected chi connectivity index (χ2v) is 6.59. The largest absolute Gasteiger partial charge is 0.417 e. The van der Waals surface area contributed by atoms with Crippen LogP contribution in [0, 0.1) is 11.3 Å². The van der Waals surface area contributed by atoms with E-state index in [2.05, 4.69) is 0 Å². The van der Waals surface area contributed by atoms with E-state index in [4.69, 9.17) is 0 Å². The Labute approximate surface area is 118 Å². The van der Waals surface area contributed by atoms with Crippen LogP contribution in [-0.2, 0) is 4.79 Å². The molecule has 1 aliphatic heterocycles. The first-order valence-corrected chi connectivity index (χ1v) is 7.02. The van der Waals surface area contributed by atoms with Gasteiger partial charge in [-0.05, 0) is 25.2 Å². The molecule has 0 aromatic carbocycles. The molecule has 0 radical (unpaired) electrons. The fourth-order valence-electron chi connectivity index (χ4n) is 2.76. The minimum Gasteiger partial charge on any atom is -0.380 e. The summed E-state index contributed by atoms with van der Waals surface area (Å²) in [5, 5.41) is 9.94. The fraction of sp³-hybridized carbons (Fsp3) is 0.929. The van der Waals surface area contributed by atoms with E-state index in [1.165, 1.54) is 6.92 Å². The van der Waals surface area contributed by atoms with E-state index >= 15 is 0 Å². The predicted molar refractivity (Wildman–Crippen MR) is 70.1 cm³/mol. The van der Waals surface area contributed by atoms with Gasteiger partial charge in [0.2, 0.25) is 5.91 Å². The van der Waals surface area contributed by atoms with Crippen LogP contribution in [0.15, 0.2) is 0 Å². The van der Waals surface area contributed by atoms with Gasteiger partial charge in [0, 0.05) is 18.5 Å². The van der Waals surface area contributed by atoms with Gasteiger partial charge in [-0.3, -0.25) is 4.79 Å². The maximum atomic E-state index is 13.0. The summed E-state index contributed by atoms with van der Waals surface area (Å²) in [6, 6.07) is 0. The van der Waals surface area contributed by atoms with Crippen LogP contribution in [-0.4, -0.2) is 40.8 Å². The third-order valence-corrected chi connectivity index (χ3v) is 4.13. The molecule has 6 heteroatoms. The molecule has 0 aromatic rings. The van der Waals surface area contributed by atoms with Crippen LogP contribution in [0.3, 0.4) is 0 Å². The summed E-state index contributed by atoms with van der Waals surface area (Å²) < 4.78 is 39.0. The van der Waals surface area contributed by atoms with E-state index in [-0.39, 0.29) is 38.3 Å². The van der Waals surface area contributed by atoms with Gasteiger partial charge in [-0.1, -0.05) is 27.7 Å². The number of aliphatic hydroxyl groups is 1.